The van der Waals surface area contributed by atoms with Crippen LogP contribution in [0.25, 0.3) is 23.0 Å². The van der Waals surface area contributed by atoms with Crippen LogP contribution in [0.15, 0.2) is 45.5 Å². The van der Waals surface area contributed by atoms with E-state index in [9.17, 15) is 4.39 Å². The molecule has 2 heterocycles. The van der Waals surface area contributed by atoms with Crippen LogP contribution in [0.3, 0.4) is 0 Å². The van der Waals surface area contributed by atoms with Crippen molar-refractivity contribution in [3.8, 4) is 23.0 Å². The summed E-state index contributed by atoms with van der Waals surface area (Å²) >= 11 is 3.22. The Labute approximate surface area is 121 Å². The number of anilines is 1. The Hall–Kier alpha value is -2.28. The molecule has 0 radical (unpaired) electrons. The minimum atomic E-state index is -0.391. The highest BCUT2D eigenvalue weighted by atomic mass is 79.9. The van der Waals surface area contributed by atoms with Gasteiger partial charge in [-0.25, -0.2) is 9.37 Å². The Bertz CT molecular complexity index is 754. The van der Waals surface area contributed by atoms with Crippen LogP contribution in [0.5, 0.6) is 0 Å². The Morgan fingerprint density at radius 1 is 1.25 bits per heavy atom. The van der Waals surface area contributed by atoms with Crippen LogP contribution < -0.4 is 5.73 Å². The van der Waals surface area contributed by atoms with Gasteiger partial charge in [-0.1, -0.05) is 21.1 Å². The van der Waals surface area contributed by atoms with E-state index in [-0.39, 0.29) is 11.7 Å². The van der Waals surface area contributed by atoms with Crippen LogP contribution in [0.1, 0.15) is 0 Å². The lowest BCUT2D eigenvalue weighted by molar-refractivity contribution is 0.431. The minimum absolute atomic E-state index is 0.193. The molecule has 0 amide bonds. The van der Waals surface area contributed by atoms with Gasteiger partial charge in [-0.2, -0.15) is 4.98 Å². The normalized spacial score (nSPS) is 10.7. The molecule has 7 heteroatoms. The molecule has 0 aliphatic heterocycles. The van der Waals surface area contributed by atoms with Crippen LogP contribution in [-0.4, -0.2) is 15.1 Å². The molecule has 5 nitrogen and oxygen atoms in total. The summed E-state index contributed by atoms with van der Waals surface area (Å²) < 4.78 is 19.1. The van der Waals surface area contributed by atoms with Gasteiger partial charge in [-0.05, 0) is 30.3 Å². The van der Waals surface area contributed by atoms with Crippen LogP contribution >= 0.6 is 15.9 Å². The molecule has 2 aromatic heterocycles. The van der Waals surface area contributed by atoms with E-state index in [0.717, 1.165) is 0 Å². The fraction of sp³-hybridized carbons (Fsp3) is 0. The van der Waals surface area contributed by atoms with Crippen molar-refractivity contribution in [2.75, 3.05) is 5.73 Å². The number of nitrogens with zero attached hydrogens (tertiary/aromatic N) is 3. The second-order valence-corrected chi connectivity index (χ2v) is 4.94. The average molecular weight is 335 g/mol. The Morgan fingerprint density at radius 3 is 2.85 bits per heavy atom. The van der Waals surface area contributed by atoms with Gasteiger partial charge in [0.1, 0.15) is 5.82 Å². The maximum absolute atomic E-state index is 13.4. The summed E-state index contributed by atoms with van der Waals surface area (Å²) in [6, 6.07) is 7.76. The zero-order chi connectivity index (χ0) is 14.1. The van der Waals surface area contributed by atoms with Crippen LogP contribution in [0, 0.1) is 5.82 Å². The summed E-state index contributed by atoms with van der Waals surface area (Å²) in [4.78, 5) is 8.27. The van der Waals surface area contributed by atoms with E-state index < -0.39 is 5.82 Å². The highest BCUT2D eigenvalue weighted by Crippen LogP contribution is 2.26. The molecule has 20 heavy (non-hydrogen) atoms. The van der Waals surface area contributed by atoms with Gasteiger partial charge in [-0.3, -0.25) is 0 Å². The Kier molecular flexibility index (Phi) is 3.19. The van der Waals surface area contributed by atoms with Gasteiger partial charge in [0.05, 0.1) is 5.69 Å². The topological polar surface area (TPSA) is 77.8 Å². The molecule has 100 valence electrons. The molecular formula is C13H8BrFN4O. The van der Waals surface area contributed by atoms with Gasteiger partial charge < -0.3 is 10.3 Å². The molecule has 0 bridgehead atoms. The fourth-order valence-electron chi connectivity index (χ4n) is 1.72. The summed E-state index contributed by atoms with van der Waals surface area (Å²) in [6.07, 6.45) is 1.58. The lowest BCUT2D eigenvalue weighted by Gasteiger charge is -1.97. The predicted octanol–water partition coefficient (Wildman–Crippen LogP) is 3.28. The molecule has 3 rings (SSSR count). The second kappa shape index (κ2) is 5.01. The van der Waals surface area contributed by atoms with Gasteiger partial charge in [0.2, 0.25) is 5.82 Å². The standard InChI is InChI=1S/C13H8BrFN4O/c14-8-4-7(5-9(15)6-8)12-18-13(20-19-12)11-10(16)2-1-3-17-11/h1-6H,16H2. The van der Waals surface area contributed by atoms with Crippen molar-refractivity contribution in [3.05, 3.63) is 46.8 Å². The van der Waals surface area contributed by atoms with Gasteiger partial charge in [0.15, 0.2) is 5.69 Å². The molecule has 0 spiro atoms. The summed E-state index contributed by atoms with van der Waals surface area (Å²) in [5.41, 5.74) is 7.13. The number of nitrogens with two attached hydrogens (primary N) is 1. The van der Waals surface area contributed by atoms with Crippen molar-refractivity contribution in [1.29, 1.82) is 0 Å². The number of halogens is 2. The minimum Gasteiger partial charge on any atom is -0.397 e. The second-order valence-electron chi connectivity index (χ2n) is 4.02. The van der Waals surface area contributed by atoms with Crippen LogP contribution in [0.2, 0.25) is 0 Å². The van der Waals surface area contributed by atoms with E-state index in [1.165, 1.54) is 12.1 Å². The maximum Gasteiger partial charge on any atom is 0.278 e. The number of hydrogen-bond donors (Lipinski definition) is 1. The van der Waals surface area contributed by atoms with Crippen LogP contribution in [-0.2, 0) is 0 Å². The first-order chi connectivity index (χ1) is 9.63. The zero-order valence-electron chi connectivity index (χ0n) is 10.0. The molecule has 0 saturated heterocycles. The number of aromatic nitrogens is 3. The van der Waals surface area contributed by atoms with E-state index in [4.69, 9.17) is 10.3 Å². The third kappa shape index (κ3) is 2.39. The van der Waals surface area contributed by atoms with Crippen molar-refractivity contribution in [2.24, 2.45) is 0 Å². The van der Waals surface area contributed by atoms with E-state index in [1.54, 1.807) is 24.4 Å². The summed E-state index contributed by atoms with van der Waals surface area (Å²) in [5.74, 6) is 0.0711. The van der Waals surface area contributed by atoms with Crippen molar-refractivity contribution in [1.82, 2.24) is 15.1 Å². The lowest BCUT2D eigenvalue weighted by atomic mass is 10.2. The first-order valence-corrected chi connectivity index (χ1v) is 6.44. The van der Waals surface area contributed by atoms with Gasteiger partial charge in [0, 0.05) is 16.2 Å². The molecule has 0 fully saturated rings. The van der Waals surface area contributed by atoms with E-state index in [0.29, 0.717) is 21.4 Å². The number of rotatable bonds is 2. The molecule has 3 aromatic rings. The highest BCUT2D eigenvalue weighted by Gasteiger charge is 2.14. The lowest BCUT2D eigenvalue weighted by Crippen LogP contribution is -1.92. The van der Waals surface area contributed by atoms with Crippen LogP contribution in [0.4, 0.5) is 10.1 Å². The molecule has 2 N–H and O–H groups in total. The van der Waals surface area contributed by atoms with Gasteiger partial charge >= 0.3 is 0 Å². The highest BCUT2D eigenvalue weighted by molar-refractivity contribution is 9.10. The summed E-state index contributed by atoms with van der Waals surface area (Å²) in [5, 5.41) is 3.82. The summed E-state index contributed by atoms with van der Waals surface area (Å²) in [7, 11) is 0. The molecule has 0 aliphatic rings. The maximum atomic E-state index is 13.4. The third-order valence-electron chi connectivity index (χ3n) is 2.59. The quantitative estimate of drug-likeness (QED) is 0.778. The monoisotopic (exact) mass is 334 g/mol. The van der Waals surface area contributed by atoms with Crippen molar-refractivity contribution >= 4 is 21.6 Å². The number of nitrogen functional groups attached to an aromatic ring is 1. The first kappa shape index (κ1) is 12.7. The van der Waals surface area contributed by atoms with E-state index >= 15 is 0 Å². The first-order valence-electron chi connectivity index (χ1n) is 5.64. The Balaban J connectivity index is 2.04. The molecule has 1 aromatic carbocycles. The van der Waals surface area contributed by atoms with E-state index in [2.05, 4.69) is 31.1 Å². The zero-order valence-corrected chi connectivity index (χ0v) is 11.6. The molecule has 0 atom stereocenters. The van der Waals surface area contributed by atoms with Gasteiger partial charge in [0.25, 0.3) is 5.89 Å². The molecule has 0 aliphatic carbocycles. The average Bonchev–Trinajstić information content (AvgIpc) is 2.87. The molecule has 0 unspecified atom stereocenters. The van der Waals surface area contributed by atoms with E-state index in [1.807, 2.05) is 0 Å². The molecular weight excluding hydrogens is 327 g/mol. The fourth-order valence-corrected chi connectivity index (χ4v) is 2.18. The van der Waals surface area contributed by atoms with Crippen molar-refractivity contribution in [2.45, 2.75) is 0 Å². The third-order valence-corrected chi connectivity index (χ3v) is 3.05. The van der Waals surface area contributed by atoms with Crippen molar-refractivity contribution < 1.29 is 8.91 Å². The predicted molar refractivity (Wildman–Crippen MR) is 75.0 cm³/mol. The number of benzene rings is 1. The number of hydrogen-bond acceptors (Lipinski definition) is 5. The smallest absolute Gasteiger partial charge is 0.278 e. The molecule has 0 saturated carbocycles. The van der Waals surface area contributed by atoms with Gasteiger partial charge in [-0.15, -0.1) is 0 Å². The Morgan fingerprint density at radius 2 is 2.10 bits per heavy atom. The SMILES string of the molecule is Nc1cccnc1-c1nc(-c2cc(F)cc(Br)c2)no1. The summed E-state index contributed by atoms with van der Waals surface area (Å²) in [6.45, 7) is 0. The largest absolute Gasteiger partial charge is 0.397 e. The number of pyridine rings is 1. The van der Waals surface area contributed by atoms with Crippen molar-refractivity contribution in [3.63, 3.8) is 0 Å².